The Bertz CT molecular complexity index is 337. The summed E-state index contributed by atoms with van der Waals surface area (Å²) in [6.07, 6.45) is 3.71. The van der Waals surface area contributed by atoms with E-state index in [0.717, 1.165) is 0 Å². The third-order valence-corrected chi connectivity index (χ3v) is 4.27. The van der Waals surface area contributed by atoms with Crippen LogP contribution in [0.4, 0.5) is 0 Å². The third-order valence-electron chi connectivity index (χ3n) is 4.27. The van der Waals surface area contributed by atoms with Gasteiger partial charge in [-0.3, -0.25) is 0 Å². The quantitative estimate of drug-likeness (QED) is 0.492. The lowest BCUT2D eigenvalue weighted by Gasteiger charge is -2.38. The van der Waals surface area contributed by atoms with E-state index < -0.39 is 0 Å². The van der Waals surface area contributed by atoms with Crippen molar-refractivity contribution >= 4 is 0 Å². The predicted octanol–water partition coefficient (Wildman–Crippen LogP) is 6.88. The number of rotatable bonds is 4. The summed E-state index contributed by atoms with van der Waals surface area (Å²) in [4.78, 5) is 0. The fraction of sp³-hybridized carbons (Fsp3) is 0.800. The summed E-state index contributed by atoms with van der Waals surface area (Å²) in [5, 5.41) is 0. The second-order valence-corrected chi connectivity index (χ2v) is 7.07. The standard InChI is InChI=1S/C18H32.C2H6/c1-11(2)15-9-10-16(12(3)4)18(14(7)8)17(15)13(5)6;1-2/h9,11-14,17H,10H2,1-8H3;1-2H3. The zero-order valence-electron chi connectivity index (χ0n) is 15.7. The molecule has 1 atom stereocenters. The maximum Gasteiger partial charge on any atom is 0.00381 e. The first kappa shape index (κ1) is 19.5. The second-order valence-electron chi connectivity index (χ2n) is 7.07. The molecule has 0 heteroatoms. The molecule has 0 aliphatic heterocycles. The molecule has 0 aromatic rings. The minimum atomic E-state index is 0.677. The van der Waals surface area contributed by atoms with Crippen molar-refractivity contribution in [1.82, 2.24) is 0 Å². The molecule has 0 amide bonds. The van der Waals surface area contributed by atoms with E-state index in [1.807, 2.05) is 13.8 Å². The summed E-state index contributed by atoms with van der Waals surface area (Å²) < 4.78 is 0. The van der Waals surface area contributed by atoms with Gasteiger partial charge < -0.3 is 0 Å². The van der Waals surface area contributed by atoms with Crippen LogP contribution in [0, 0.1) is 29.6 Å². The molecule has 0 fully saturated rings. The Morgan fingerprint density at radius 2 is 1.30 bits per heavy atom. The van der Waals surface area contributed by atoms with Crippen molar-refractivity contribution in [2.45, 2.75) is 75.7 Å². The van der Waals surface area contributed by atoms with Gasteiger partial charge in [0.1, 0.15) is 0 Å². The van der Waals surface area contributed by atoms with Crippen LogP contribution in [-0.2, 0) is 0 Å². The number of hydrogen-bond acceptors (Lipinski definition) is 0. The molecule has 0 aromatic carbocycles. The van der Waals surface area contributed by atoms with Crippen LogP contribution >= 0.6 is 0 Å². The Kier molecular flexibility index (Phi) is 8.47. The Labute approximate surface area is 128 Å². The number of hydrogen-bond donors (Lipinski definition) is 0. The van der Waals surface area contributed by atoms with Crippen LogP contribution in [0.2, 0.25) is 0 Å². The molecular weight excluding hydrogens is 240 g/mol. The SMILES string of the molecule is CC.CC(C)C1=CCC(C(C)C)=C(C(C)C)C1C(C)C. The molecule has 0 spiro atoms. The van der Waals surface area contributed by atoms with E-state index in [2.05, 4.69) is 61.5 Å². The van der Waals surface area contributed by atoms with Crippen molar-refractivity contribution in [2.75, 3.05) is 0 Å². The van der Waals surface area contributed by atoms with Crippen LogP contribution in [0.3, 0.4) is 0 Å². The van der Waals surface area contributed by atoms with Gasteiger partial charge in [0, 0.05) is 5.92 Å². The zero-order valence-corrected chi connectivity index (χ0v) is 15.7. The van der Waals surface area contributed by atoms with Gasteiger partial charge >= 0.3 is 0 Å². The molecule has 0 bridgehead atoms. The summed E-state index contributed by atoms with van der Waals surface area (Å²) >= 11 is 0. The summed E-state index contributed by atoms with van der Waals surface area (Å²) in [7, 11) is 0. The molecule has 0 aromatic heterocycles. The Balaban J connectivity index is 0.00000172. The topological polar surface area (TPSA) is 0 Å². The average Bonchev–Trinajstić information content (AvgIpc) is 2.38. The molecule has 1 aliphatic carbocycles. The fourth-order valence-corrected chi connectivity index (χ4v) is 3.49. The first-order chi connectivity index (χ1) is 9.27. The minimum absolute atomic E-state index is 0.677. The van der Waals surface area contributed by atoms with Crippen molar-refractivity contribution in [2.24, 2.45) is 29.6 Å². The fourth-order valence-electron chi connectivity index (χ4n) is 3.49. The predicted molar refractivity (Wildman–Crippen MR) is 93.9 cm³/mol. The molecule has 1 rings (SSSR count). The molecule has 0 heterocycles. The minimum Gasteiger partial charge on any atom is -0.0804 e. The molecule has 0 saturated carbocycles. The third kappa shape index (κ3) is 4.50. The highest BCUT2D eigenvalue weighted by Gasteiger charge is 2.31. The highest BCUT2D eigenvalue weighted by Crippen LogP contribution is 2.43. The van der Waals surface area contributed by atoms with Gasteiger partial charge in [0.2, 0.25) is 0 Å². The normalized spacial score (nSPS) is 19.7. The summed E-state index contributed by atoms with van der Waals surface area (Å²) in [6.45, 7) is 22.9. The summed E-state index contributed by atoms with van der Waals surface area (Å²) in [5.74, 6) is 3.44. The largest absolute Gasteiger partial charge is 0.0804 e. The van der Waals surface area contributed by atoms with Gasteiger partial charge in [-0.1, -0.05) is 92.0 Å². The lowest BCUT2D eigenvalue weighted by molar-refractivity contribution is 0.413. The van der Waals surface area contributed by atoms with E-state index >= 15 is 0 Å². The van der Waals surface area contributed by atoms with Crippen LogP contribution in [-0.4, -0.2) is 0 Å². The molecule has 1 unspecified atom stereocenters. The molecule has 0 N–H and O–H groups in total. The summed E-state index contributed by atoms with van der Waals surface area (Å²) in [6, 6.07) is 0. The Morgan fingerprint density at radius 3 is 1.60 bits per heavy atom. The van der Waals surface area contributed by atoms with Crippen molar-refractivity contribution in [3.63, 3.8) is 0 Å². The van der Waals surface area contributed by atoms with Gasteiger partial charge in [-0.25, -0.2) is 0 Å². The molecule has 0 nitrogen and oxygen atoms in total. The van der Waals surface area contributed by atoms with Crippen molar-refractivity contribution < 1.29 is 0 Å². The van der Waals surface area contributed by atoms with E-state index in [1.54, 1.807) is 16.7 Å². The van der Waals surface area contributed by atoms with E-state index in [0.29, 0.717) is 29.6 Å². The molecular formula is C20H38. The van der Waals surface area contributed by atoms with E-state index in [9.17, 15) is 0 Å². The second kappa shape index (κ2) is 8.70. The summed E-state index contributed by atoms with van der Waals surface area (Å²) in [5.41, 5.74) is 5.12. The molecule has 0 radical (unpaired) electrons. The highest BCUT2D eigenvalue weighted by molar-refractivity contribution is 5.36. The molecule has 1 aliphatic rings. The molecule has 118 valence electrons. The van der Waals surface area contributed by atoms with Crippen LogP contribution in [0.25, 0.3) is 0 Å². The first-order valence-electron chi connectivity index (χ1n) is 8.70. The van der Waals surface area contributed by atoms with Gasteiger partial charge in [0.15, 0.2) is 0 Å². The monoisotopic (exact) mass is 278 g/mol. The van der Waals surface area contributed by atoms with Crippen molar-refractivity contribution in [1.29, 1.82) is 0 Å². The maximum atomic E-state index is 2.52. The first-order valence-corrected chi connectivity index (χ1v) is 8.70. The highest BCUT2D eigenvalue weighted by atomic mass is 14.4. The van der Waals surface area contributed by atoms with Crippen molar-refractivity contribution in [3.8, 4) is 0 Å². The van der Waals surface area contributed by atoms with E-state index in [4.69, 9.17) is 0 Å². The van der Waals surface area contributed by atoms with E-state index in [-0.39, 0.29) is 0 Å². The Morgan fingerprint density at radius 1 is 0.800 bits per heavy atom. The Hall–Kier alpha value is -0.520. The van der Waals surface area contributed by atoms with Gasteiger partial charge in [-0.05, 0) is 30.1 Å². The smallest absolute Gasteiger partial charge is 0.00381 e. The van der Waals surface area contributed by atoms with Gasteiger partial charge in [-0.2, -0.15) is 0 Å². The van der Waals surface area contributed by atoms with Gasteiger partial charge in [0.25, 0.3) is 0 Å². The van der Waals surface area contributed by atoms with Crippen LogP contribution < -0.4 is 0 Å². The lowest BCUT2D eigenvalue weighted by Crippen LogP contribution is -2.26. The van der Waals surface area contributed by atoms with Gasteiger partial charge in [0.05, 0.1) is 0 Å². The maximum absolute atomic E-state index is 2.52. The number of allylic oxidation sites excluding steroid dienone is 4. The van der Waals surface area contributed by atoms with Crippen molar-refractivity contribution in [3.05, 3.63) is 22.8 Å². The van der Waals surface area contributed by atoms with E-state index in [1.165, 1.54) is 6.42 Å². The zero-order chi connectivity index (χ0) is 16.0. The lowest BCUT2D eigenvalue weighted by atomic mass is 9.67. The van der Waals surface area contributed by atoms with Gasteiger partial charge in [-0.15, -0.1) is 0 Å². The van der Waals surface area contributed by atoms with Crippen LogP contribution in [0.1, 0.15) is 75.7 Å². The molecule has 20 heavy (non-hydrogen) atoms. The average molecular weight is 279 g/mol. The molecule has 0 saturated heterocycles. The van der Waals surface area contributed by atoms with Crippen LogP contribution in [0.5, 0.6) is 0 Å². The van der Waals surface area contributed by atoms with Crippen LogP contribution in [0.15, 0.2) is 22.8 Å².